The monoisotopic (exact) mass is 124 g/mol. The van der Waals surface area contributed by atoms with E-state index in [1.165, 1.54) is 0 Å². The first kappa shape index (κ1) is 6.53. The van der Waals surface area contributed by atoms with Gasteiger partial charge in [0.05, 0.1) is 0 Å². The summed E-state index contributed by atoms with van der Waals surface area (Å²) in [5, 5.41) is 0. The third-order valence-electron chi connectivity index (χ3n) is 2.19. The van der Waals surface area contributed by atoms with Crippen molar-refractivity contribution in [1.82, 2.24) is 0 Å². The van der Waals surface area contributed by atoms with Gasteiger partial charge in [-0.2, -0.15) is 0 Å². The highest BCUT2D eigenvalue weighted by Gasteiger charge is 2.47. The number of hydrogen-bond acceptors (Lipinski definition) is 1. The summed E-state index contributed by atoms with van der Waals surface area (Å²) in [6, 6.07) is 0. The first-order valence-corrected chi connectivity index (χ1v) is 3.31. The molecule has 0 N–H and O–H groups in total. The Bertz CT molecular complexity index is 149. The lowest BCUT2D eigenvalue weighted by Crippen LogP contribution is -1.94. The second-order valence-corrected chi connectivity index (χ2v) is 2.81. The van der Waals surface area contributed by atoms with E-state index in [4.69, 9.17) is 0 Å². The molecule has 3 atom stereocenters. The van der Waals surface area contributed by atoms with Crippen LogP contribution >= 0.6 is 0 Å². The molecule has 1 aliphatic carbocycles. The zero-order valence-corrected chi connectivity index (χ0v) is 5.92. The van der Waals surface area contributed by atoms with Crippen molar-refractivity contribution < 1.29 is 4.79 Å². The predicted octanol–water partition coefficient (Wildman–Crippen LogP) is 1.64. The van der Waals surface area contributed by atoms with Crippen LogP contribution in [0.2, 0.25) is 0 Å². The van der Waals surface area contributed by atoms with Crippen LogP contribution in [-0.2, 0) is 4.79 Å². The van der Waals surface area contributed by atoms with Crippen LogP contribution in [0.1, 0.15) is 13.8 Å². The maximum absolute atomic E-state index is 10.7. The smallest absolute Gasteiger partial charge is 0.133 e. The summed E-state index contributed by atoms with van der Waals surface area (Å²) in [6.45, 7) is 7.41. The van der Waals surface area contributed by atoms with E-state index in [0.717, 1.165) is 0 Å². The van der Waals surface area contributed by atoms with E-state index in [-0.39, 0.29) is 0 Å². The normalized spacial score (nSPS) is 40.0. The third-order valence-corrected chi connectivity index (χ3v) is 2.19. The molecule has 3 unspecified atom stereocenters. The average molecular weight is 124 g/mol. The Labute approximate surface area is 55.8 Å². The van der Waals surface area contributed by atoms with Crippen molar-refractivity contribution in [3.63, 3.8) is 0 Å². The van der Waals surface area contributed by atoms with Crippen LogP contribution in [0.5, 0.6) is 0 Å². The van der Waals surface area contributed by atoms with E-state index in [0.29, 0.717) is 23.5 Å². The van der Waals surface area contributed by atoms with Crippen LogP contribution in [0.3, 0.4) is 0 Å². The lowest BCUT2D eigenvalue weighted by Gasteiger charge is -1.82. The molecular formula is C8H12O. The van der Waals surface area contributed by atoms with Crippen molar-refractivity contribution in [2.24, 2.45) is 17.8 Å². The van der Waals surface area contributed by atoms with Crippen LogP contribution in [0.15, 0.2) is 12.7 Å². The molecule has 0 heterocycles. The Morgan fingerprint density at radius 1 is 1.67 bits per heavy atom. The number of carbonyl (C=O) groups excluding carboxylic acids is 1. The van der Waals surface area contributed by atoms with Gasteiger partial charge in [0.25, 0.3) is 0 Å². The lowest BCUT2D eigenvalue weighted by molar-refractivity contribution is -0.118. The molecule has 1 fully saturated rings. The van der Waals surface area contributed by atoms with Gasteiger partial charge in [-0.3, -0.25) is 4.79 Å². The lowest BCUT2D eigenvalue weighted by atomic mass is 10.2. The second kappa shape index (κ2) is 1.98. The molecule has 0 aromatic carbocycles. The van der Waals surface area contributed by atoms with E-state index in [2.05, 4.69) is 13.5 Å². The summed E-state index contributed by atoms with van der Waals surface area (Å²) >= 11 is 0. The fourth-order valence-corrected chi connectivity index (χ4v) is 1.50. The molecule has 0 aromatic heterocycles. The highest BCUT2D eigenvalue weighted by molar-refractivity contribution is 5.82. The molecule has 0 spiro atoms. The van der Waals surface area contributed by atoms with Gasteiger partial charge in [-0.25, -0.2) is 0 Å². The Morgan fingerprint density at radius 2 is 2.22 bits per heavy atom. The quantitative estimate of drug-likeness (QED) is 0.511. The number of ketones is 1. The minimum atomic E-state index is 0.294. The first-order chi connectivity index (χ1) is 4.18. The molecule has 0 bridgehead atoms. The van der Waals surface area contributed by atoms with Gasteiger partial charge < -0.3 is 0 Å². The number of rotatable bonds is 2. The largest absolute Gasteiger partial charge is 0.300 e. The molecule has 0 radical (unpaired) electrons. The number of hydrogen-bond donors (Lipinski definition) is 0. The zero-order valence-electron chi connectivity index (χ0n) is 5.92. The average Bonchev–Trinajstić information content (AvgIpc) is 2.40. The molecule has 1 aliphatic rings. The molecular weight excluding hydrogens is 112 g/mol. The van der Waals surface area contributed by atoms with Crippen molar-refractivity contribution in [3.8, 4) is 0 Å². The van der Waals surface area contributed by atoms with Crippen LogP contribution in [0.4, 0.5) is 0 Å². The molecule has 50 valence electrons. The van der Waals surface area contributed by atoms with Gasteiger partial charge in [-0.15, -0.1) is 6.58 Å². The molecule has 1 nitrogen and oxygen atoms in total. The first-order valence-electron chi connectivity index (χ1n) is 3.31. The van der Waals surface area contributed by atoms with E-state index in [1.807, 2.05) is 6.08 Å². The summed E-state index contributed by atoms with van der Waals surface area (Å²) in [5.41, 5.74) is 0. The fraction of sp³-hybridized carbons (Fsp3) is 0.625. The topological polar surface area (TPSA) is 17.1 Å². The highest BCUT2D eigenvalue weighted by Crippen LogP contribution is 2.46. The Morgan fingerprint density at radius 3 is 2.33 bits per heavy atom. The molecule has 1 rings (SSSR count). The Balaban J connectivity index is 2.51. The standard InChI is InChI=1S/C8H12O/c1-4-7-5(2)8(7)6(3)9/h4-5,7-8H,1H2,2-3H3. The second-order valence-electron chi connectivity index (χ2n) is 2.81. The van der Waals surface area contributed by atoms with Gasteiger partial charge >= 0.3 is 0 Å². The maximum atomic E-state index is 10.7. The zero-order chi connectivity index (χ0) is 7.02. The van der Waals surface area contributed by atoms with E-state index >= 15 is 0 Å². The molecule has 0 saturated heterocycles. The summed E-state index contributed by atoms with van der Waals surface area (Å²) in [7, 11) is 0. The van der Waals surface area contributed by atoms with Crippen LogP contribution in [-0.4, -0.2) is 5.78 Å². The molecule has 9 heavy (non-hydrogen) atoms. The van der Waals surface area contributed by atoms with Crippen molar-refractivity contribution in [2.45, 2.75) is 13.8 Å². The Hall–Kier alpha value is -0.590. The van der Waals surface area contributed by atoms with E-state index in [1.54, 1.807) is 6.92 Å². The summed E-state index contributed by atoms with van der Waals surface area (Å²) < 4.78 is 0. The van der Waals surface area contributed by atoms with Crippen molar-refractivity contribution >= 4 is 5.78 Å². The van der Waals surface area contributed by atoms with Crippen molar-refractivity contribution in [2.75, 3.05) is 0 Å². The number of allylic oxidation sites excluding steroid dienone is 1. The Kier molecular flexibility index (Phi) is 1.43. The van der Waals surface area contributed by atoms with Gasteiger partial charge in [0.1, 0.15) is 5.78 Å². The molecule has 0 amide bonds. The van der Waals surface area contributed by atoms with Crippen molar-refractivity contribution in [3.05, 3.63) is 12.7 Å². The minimum absolute atomic E-state index is 0.294. The number of carbonyl (C=O) groups is 1. The molecule has 1 heteroatoms. The van der Waals surface area contributed by atoms with Crippen LogP contribution in [0.25, 0.3) is 0 Å². The van der Waals surface area contributed by atoms with E-state index in [9.17, 15) is 4.79 Å². The van der Waals surface area contributed by atoms with Gasteiger partial charge in [-0.1, -0.05) is 13.0 Å². The molecule has 1 saturated carbocycles. The highest BCUT2D eigenvalue weighted by atomic mass is 16.1. The summed E-state index contributed by atoms with van der Waals surface area (Å²) in [6.07, 6.45) is 1.89. The summed E-state index contributed by atoms with van der Waals surface area (Å²) in [5.74, 6) is 1.64. The molecule has 0 aliphatic heterocycles. The van der Waals surface area contributed by atoms with Gasteiger partial charge in [0, 0.05) is 5.92 Å². The van der Waals surface area contributed by atoms with Gasteiger partial charge in [0.15, 0.2) is 0 Å². The minimum Gasteiger partial charge on any atom is -0.300 e. The maximum Gasteiger partial charge on any atom is 0.133 e. The molecule has 0 aromatic rings. The predicted molar refractivity (Wildman–Crippen MR) is 37.0 cm³/mol. The third kappa shape index (κ3) is 0.913. The van der Waals surface area contributed by atoms with Crippen molar-refractivity contribution in [1.29, 1.82) is 0 Å². The fourth-order valence-electron chi connectivity index (χ4n) is 1.50. The van der Waals surface area contributed by atoms with E-state index < -0.39 is 0 Å². The number of Topliss-reactive ketones (excluding diaryl/α,β-unsaturated/α-hetero) is 1. The van der Waals surface area contributed by atoms with Crippen LogP contribution < -0.4 is 0 Å². The summed E-state index contributed by atoms with van der Waals surface area (Å²) in [4.78, 5) is 10.7. The van der Waals surface area contributed by atoms with Gasteiger partial charge in [0.2, 0.25) is 0 Å². The SMILES string of the molecule is C=CC1C(C)C1C(C)=O. The van der Waals surface area contributed by atoms with Gasteiger partial charge in [-0.05, 0) is 18.8 Å². The van der Waals surface area contributed by atoms with Crippen LogP contribution in [0, 0.1) is 17.8 Å².